The Morgan fingerprint density at radius 3 is 2.38 bits per heavy atom. The third-order valence-corrected chi connectivity index (χ3v) is 4.73. The zero-order chi connectivity index (χ0) is 18.7. The van der Waals surface area contributed by atoms with Crippen molar-refractivity contribution < 1.29 is 9.59 Å². The molecule has 0 aliphatic rings. The highest BCUT2D eigenvalue weighted by Crippen LogP contribution is 2.12. The lowest BCUT2D eigenvalue weighted by Gasteiger charge is -1.99. The smallest absolute Gasteiger partial charge is 0.278 e. The number of hydrogen-bond acceptors (Lipinski definition) is 4. The molecule has 0 fully saturated rings. The minimum atomic E-state index is -0.466. The maximum absolute atomic E-state index is 12.4. The Hall–Kier alpha value is -2.77. The minimum Gasteiger partial charge on any atom is -0.354 e. The number of aromatic nitrogens is 2. The first-order valence-corrected chi connectivity index (χ1v) is 8.87. The van der Waals surface area contributed by atoms with Crippen molar-refractivity contribution in [2.45, 2.75) is 6.92 Å². The maximum Gasteiger partial charge on any atom is 0.278 e. The monoisotopic (exact) mass is 386 g/mol. The zero-order valence-electron chi connectivity index (χ0n) is 14.1. The van der Waals surface area contributed by atoms with Crippen LogP contribution in [0.15, 0.2) is 53.5 Å². The average Bonchev–Trinajstić information content (AvgIpc) is 3.06. The molecule has 0 aliphatic carbocycles. The second-order valence-electron chi connectivity index (χ2n) is 5.46. The summed E-state index contributed by atoms with van der Waals surface area (Å²) in [7, 11) is 1.50. The van der Waals surface area contributed by atoms with Crippen molar-refractivity contribution in [2.75, 3.05) is 7.05 Å². The molecule has 0 unspecified atom stereocenters. The Balaban J connectivity index is 2.07. The topological polar surface area (TPSA) is 76.3 Å². The summed E-state index contributed by atoms with van der Waals surface area (Å²) in [4.78, 5) is 28.6. The average molecular weight is 387 g/mol. The quantitative estimate of drug-likeness (QED) is 0.751. The molecule has 0 spiro atoms. The van der Waals surface area contributed by atoms with Gasteiger partial charge in [0.05, 0.1) is 5.69 Å². The number of hydrogen-bond donors (Lipinski definition) is 1. The standard InChI is InChI=1S/C18H15ClN4O2S/c1-11-3-9-14(10-4-11)23-22-15(17(25)20-2)18(26-23)21-16(24)12-5-7-13(19)8-6-12/h3-10H,1-2H3,(H,20,25). The van der Waals surface area contributed by atoms with E-state index in [9.17, 15) is 9.59 Å². The van der Waals surface area contributed by atoms with Crippen molar-refractivity contribution in [1.82, 2.24) is 14.5 Å². The maximum atomic E-state index is 12.4. The van der Waals surface area contributed by atoms with Gasteiger partial charge in [0.15, 0.2) is 10.4 Å². The van der Waals surface area contributed by atoms with E-state index in [-0.39, 0.29) is 10.4 Å². The van der Waals surface area contributed by atoms with Gasteiger partial charge in [0, 0.05) is 17.6 Å². The van der Waals surface area contributed by atoms with Crippen LogP contribution in [0.5, 0.6) is 0 Å². The van der Waals surface area contributed by atoms with E-state index in [0.717, 1.165) is 22.8 Å². The van der Waals surface area contributed by atoms with Crippen LogP contribution >= 0.6 is 23.1 Å². The SMILES string of the molecule is CNC(=O)c1nn(-c2ccc(C)cc2)sc1=NC(=O)c1ccc(Cl)cc1. The van der Waals surface area contributed by atoms with Crippen LogP contribution in [0.25, 0.3) is 5.69 Å². The molecule has 1 aromatic heterocycles. The fourth-order valence-corrected chi connectivity index (χ4v) is 3.13. The van der Waals surface area contributed by atoms with E-state index < -0.39 is 11.8 Å². The molecule has 2 amide bonds. The second-order valence-corrected chi connectivity index (χ2v) is 6.81. The Kier molecular flexibility index (Phi) is 5.29. The van der Waals surface area contributed by atoms with Crippen LogP contribution in [0.4, 0.5) is 0 Å². The lowest BCUT2D eigenvalue weighted by Crippen LogP contribution is -2.24. The molecule has 0 aliphatic heterocycles. The van der Waals surface area contributed by atoms with Gasteiger partial charge < -0.3 is 5.32 Å². The molecular weight excluding hydrogens is 372 g/mol. The third kappa shape index (κ3) is 3.89. The van der Waals surface area contributed by atoms with E-state index in [0.29, 0.717) is 10.6 Å². The number of carbonyl (C=O) groups is 2. The Morgan fingerprint density at radius 1 is 1.12 bits per heavy atom. The number of nitrogens with one attached hydrogen (secondary N) is 1. The molecule has 6 nitrogen and oxygen atoms in total. The molecule has 26 heavy (non-hydrogen) atoms. The first-order valence-electron chi connectivity index (χ1n) is 7.72. The van der Waals surface area contributed by atoms with E-state index in [1.807, 2.05) is 31.2 Å². The van der Waals surface area contributed by atoms with Crippen molar-refractivity contribution in [2.24, 2.45) is 4.99 Å². The third-order valence-electron chi connectivity index (χ3n) is 3.56. The summed E-state index contributed by atoms with van der Waals surface area (Å²) >= 11 is 6.96. The van der Waals surface area contributed by atoms with Crippen molar-refractivity contribution in [3.05, 3.63) is 75.0 Å². The first kappa shape index (κ1) is 18.0. The molecule has 132 valence electrons. The van der Waals surface area contributed by atoms with E-state index in [1.54, 1.807) is 28.3 Å². The van der Waals surface area contributed by atoms with Gasteiger partial charge in [-0.05, 0) is 54.9 Å². The van der Waals surface area contributed by atoms with E-state index in [2.05, 4.69) is 15.4 Å². The van der Waals surface area contributed by atoms with Crippen LogP contribution in [0, 0.1) is 6.92 Å². The molecule has 3 aromatic rings. The summed E-state index contributed by atoms with van der Waals surface area (Å²) in [5.74, 6) is -0.874. The molecule has 1 N–H and O–H groups in total. The van der Waals surface area contributed by atoms with Gasteiger partial charge in [0.1, 0.15) is 0 Å². The predicted octanol–water partition coefficient (Wildman–Crippen LogP) is 3.00. The summed E-state index contributed by atoms with van der Waals surface area (Å²) < 4.78 is 1.81. The molecule has 0 bridgehead atoms. The Bertz CT molecular complexity index is 1020. The molecule has 0 saturated heterocycles. The van der Waals surface area contributed by atoms with Gasteiger partial charge in [-0.2, -0.15) is 9.06 Å². The first-order chi connectivity index (χ1) is 12.5. The van der Waals surface area contributed by atoms with Crippen LogP contribution in [0.3, 0.4) is 0 Å². The fourth-order valence-electron chi connectivity index (χ4n) is 2.15. The summed E-state index contributed by atoms with van der Waals surface area (Å²) in [6.45, 7) is 1.98. The van der Waals surface area contributed by atoms with Gasteiger partial charge >= 0.3 is 0 Å². The van der Waals surface area contributed by atoms with Crippen LogP contribution in [0.1, 0.15) is 26.4 Å². The highest BCUT2D eigenvalue weighted by atomic mass is 35.5. The number of carbonyl (C=O) groups excluding carboxylic acids is 2. The van der Waals surface area contributed by atoms with Gasteiger partial charge in [-0.25, -0.2) is 0 Å². The van der Waals surface area contributed by atoms with Gasteiger partial charge in [-0.1, -0.05) is 29.3 Å². The zero-order valence-corrected chi connectivity index (χ0v) is 15.6. The van der Waals surface area contributed by atoms with E-state index in [1.165, 1.54) is 7.05 Å². The summed E-state index contributed by atoms with van der Waals surface area (Å²) in [6, 6.07) is 14.1. The van der Waals surface area contributed by atoms with Crippen LogP contribution < -0.4 is 9.99 Å². The van der Waals surface area contributed by atoms with Crippen molar-refractivity contribution in [3.8, 4) is 5.69 Å². The van der Waals surface area contributed by atoms with E-state index >= 15 is 0 Å². The highest BCUT2D eigenvalue weighted by molar-refractivity contribution is 7.04. The highest BCUT2D eigenvalue weighted by Gasteiger charge is 2.16. The Morgan fingerprint density at radius 2 is 1.77 bits per heavy atom. The van der Waals surface area contributed by atoms with Gasteiger partial charge in [0.2, 0.25) is 0 Å². The number of amides is 2. The summed E-state index contributed by atoms with van der Waals surface area (Å²) in [6.07, 6.45) is 0. The van der Waals surface area contributed by atoms with Crippen molar-refractivity contribution in [1.29, 1.82) is 0 Å². The molecule has 3 rings (SSSR count). The van der Waals surface area contributed by atoms with Crippen LogP contribution in [0.2, 0.25) is 5.02 Å². The predicted molar refractivity (Wildman–Crippen MR) is 101 cm³/mol. The number of aryl methyl sites for hydroxylation is 1. The molecule has 1 heterocycles. The molecular formula is C18H15ClN4O2S. The largest absolute Gasteiger partial charge is 0.354 e. The number of nitrogens with zero attached hydrogens (tertiary/aromatic N) is 3. The van der Waals surface area contributed by atoms with Crippen LogP contribution in [-0.4, -0.2) is 28.0 Å². The molecule has 0 radical (unpaired) electrons. The summed E-state index contributed by atoms with van der Waals surface area (Å²) in [5.41, 5.74) is 2.37. The van der Waals surface area contributed by atoms with Crippen LogP contribution in [-0.2, 0) is 0 Å². The normalized spacial score (nSPS) is 11.4. The Labute approximate surface area is 158 Å². The second kappa shape index (κ2) is 7.63. The van der Waals surface area contributed by atoms with E-state index in [4.69, 9.17) is 11.6 Å². The fraction of sp³-hybridized carbons (Fsp3) is 0.111. The molecule has 0 atom stereocenters. The number of benzene rings is 2. The van der Waals surface area contributed by atoms with Crippen molar-refractivity contribution in [3.63, 3.8) is 0 Å². The summed E-state index contributed by atoms with van der Waals surface area (Å²) in [5, 5.41) is 7.35. The van der Waals surface area contributed by atoms with Gasteiger partial charge in [-0.15, -0.1) is 5.10 Å². The molecule has 8 heteroatoms. The minimum absolute atomic E-state index is 0.0976. The van der Waals surface area contributed by atoms with Crippen molar-refractivity contribution >= 4 is 34.9 Å². The van der Waals surface area contributed by atoms with Gasteiger partial charge in [-0.3, -0.25) is 9.59 Å². The molecule has 0 saturated carbocycles. The number of rotatable bonds is 3. The lowest BCUT2D eigenvalue weighted by atomic mass is 10.2. The van der Waals surface area contributed by atoms with Gasteiger partial charge in [0.25, 0.3) is 11.8 Å². The lowest BCUT2D eigenvalue weighted by molar-refractivity contribution is 0.0956. The molecule has 2 aromatic carbocycles. The number of halogens is 1.